The Morgan fingerprint density at radius 1 is 1.29 bits per heavy atom. The Morgan fingerprint density at radius 3 is 2.59 bits per heavy atom. The van der Waals surface area contributed by atoms with Crippen LogP contribution in [-0.2, 0) is 4.74 Å². The van der Waals surface area contributed by atoms with Gasteiger partial charge in [0.25, 0.3) is 0 Å². The average molecular weight is 226 g/mol. The number of hydrogen-bond acceptors (Lipinski definition) is 3. The molecule has 2 N–H and O–H groups in total. The maximum Gasteiger partial charge on any atom is 0.197 e. The first kappa shape index (κ1) is 11.4. The third kappa shape index (κ3) is 1.95. The summed E-state index contributed by atoms with van der Waals surface area (Å²) in [5, 5.41) is 9.25. The molecule has 3 nitrogen and oxygen atoms in total. The number of ether oxygens (including phenoxy) is 1. The third-order valence-electron chi connectivity index (χ3n) is 3.04. The quantitative estimate of drug-likeness (QED) is 0.841. The number of nitrogens with two attached hydrogens (primary N) is 1. The number of nitrogens with zero attached hydrogens (tertiary/aromatic N) is 1. The van der Waals surface area contributed by atoms with Gasteiger partial charge in [0.05, 0.1) is 5.70 Å². The minimum absolute atomic E-state index is 0.460. The first-order valence-electron chi connectivity index (χ1n) is 5.40. The molecule has 1 aliphatic carbocycles. The number of methoxy groups -OCH3 is 1. The Labute approximate surface area is 101 Å². The predicted octanol–water partition coefficient (Wildman–Crippen LogP) is 2.23. The van der Waals surface area contributed by atoms with Crippen molar-refractivity contribution in [1.82, 2.24) is 0 Å². The molecule has 0 radical (unpaired) electrons. The fourth-order valence-electron chi connectivity index (χ4n) is 1.94. The largest absolute Gasteiger partial charge is 0.399 e. The van der Waals surface area contributed by atoms with E-state index in [1.165, 1.54) is 7.11 Å². The van der Waals surface area contributed by atoms with Crippen LogP contribution in [-0.4, -0.2) is 12.7 Å². The van der Waals surface area contributed by atoms with Gasteiger partial charge in [0.1, 0.15) is 6.07 Å². The summed E-state index contributed by atoms with van der Waals surface area (Å²) in [7, 11) is 1.51. The van der Waals surface area contributed by atoms with Gasteiger partial charge in [-0.15, -0.1) is 0 Å². The second kappa shape index (κ2) is 4.44. The molecule has 1 aliphatic rings. The Hall–Kier alpha value is -2.05. The summed E-state index contributed by atoms with van der Waals surface area (Å²) in [6.07, 6.45) is 4.17. The molecule has 0 saturated heterocycles. The lowest BCUT2D eigenvalue weighted by Gasteiger charge is -2.29. The van der Waals surface area contributed by atoms with Gasteiger partial charge in [-0.05, 0) is 17.2 Å². The van der Waals surface area contributed by atoms with Gasteiger partial charge < -0.3 is 10.5 Å². The van der Waals surface area contributed by atoms with Crippen molar-refractivity contribution in [1.29, 1.82) is 5.26 Å². The Morgan fingerprint density at radius 2 is 2.00 bits per heavy atom. The smallest absolute Gasteiger partial charge is 0.197 e. The number of nitriles is 1. The van der Waals surface area contributed by atoms with E-state index in [1.54, 1.807) is 6.08 Å². The lowest BCUT2D eigenvalue weighted by molar-refractivity contribution is 0.0728. The third-order valence-corrected chi connectivity index (χ3v) is 3.04. The Kier molecular flexibility index (Phi) is 2.99. The lowest BCUT2D eigenvalue weighted by atomic mass is 9.85. The summed E-state index contributed by atoms with van der Waals surface area (Å²) in [4.78, 5) is 0. The molecule has 0 amide bonds. The van der Waals surface area contributed by atoms with Crippen molar-refractivity contribution in [2.24, 2.45) is 5.73 Å². The van der Waals surface area contributed by atoms with Gasteiger partial charge in [-0.2, -0.15) is 5.26 Å². The molecule has 0 aromatic heterocycles. The summed E-state index contributed by atoms with van der Waals surface area (Å²) in [6, 6.07) is 12.1. The van der Waals surface area contributed by atoms with E-state index in [0.717, 1.165) is 11.1 Å². The Bertz CT molecular complexity index is 511. The molecule has 2 rings (SSSR count). The summed E-state index contributed by atoms with van der Waals surface area (Å²) >= 11 is 0. The fourth-order valence-corrected chi connectivity index (χ4v) is 1.94. The van der Waals surface area contributed by atoms with Crippen LogP contribution in [0.3, 0.4) is 0 Å². The molecular formula is C14H14N2O. The van der Waals surface area contributed by atoms with E-state index in [-0.39, 0.29) is 0 Å². The average Bonchev–Trinajstić information content (AvgIpc) is 2.41. The minimum atomic E-state index is -1.03. The number of allylic oxidation sites excluding steroid dienone is 2. The molecule has 0 heterocycles. The fraction of sp³-hybridized carbons (Fsp3) is 0.214. The van der Waals surface area contributed by atoms with E-state index in [2.05, 4.69) is 6.07 Å². The molecule has 3 heteroatoms. The van der Waals surface area contributed by atoms with Crippen LogP contribution < -0.4 is 5.73 Å². The van der Waals surface area contributed by atoms with Crippen LogP contribution in [0.4, 0.5) is 0 Å². The number of hydrogen-bond donors (Lipinski definition) is 1. The summed E-state index contributed by atoms with van der Waals surface area (Å²) in [5.41, 5.74) is 7.43. The van der Waals surface area contributed by atoms with Crippen LogP contribution in [0.2, 0.25) is 0 Å². The van der Waals surface area contributed by atoms with Crippen LogP contribution in [0.5, 0.6) is 0 Å². The molecular weight excluding hydrogens is 212 g/mol. The van der Waals surface area contributed by atoms with Crippen molar-refractivity contribution < 1.29 is 4.74 Å². The number of rotatable bonds is 2. The zero-order valence-corrected chi connectivity index (χ0v) is 9.68. The van der Waals surface area contributed by atoms with Crippen LogP contribution in [0.25, 0.3) is 5.57 Å². The van der Waals surface area contributed by atoms with Crippen LogP contribution in [0.1, 0.15) is 12.0 Å². The molecule has 0 bridgehead atoms. The second-order valence-electron chi connectivity index (χ2n) is 4.00. The zero-order chi connectivity index (χ0) is 12.3. The highest BCUT2D eigenvalue weighted by molar-refractivity contribution is 5.71. The molecule has 86 valence electrons. The molecule has 1 unspecified atom stereocenters. The maximum atomic E-state index is 9.25. The van der Waals surface area contributed by atoms with E-state index in [4.69, 9.17) is 10.5 Å². The monoisotopic (exact) mass is 226 g/mol. The van der Waals surface area contributed by atoms with Gasteiger partial charge in [-0.25, -0.2) is 0 Å². The van der Waals surface area contributed by atoms with Gasteiger partial charge in [0.2, 0.25) is 0 Å². The van der Waals surface area contributed by atoms with Gasteiger partial charge in [-0.1, -0.05) is 36.4 Å². The van der Waals surface area contributed by atoms with Gasteiger partial charge in [-0.3, -0.25) is 0 Å². The van der Waals surface area contributed by atoms with Gasteiger partial charge in [0.15, 0.2) is 5.60 Å². The normalized spacial score (nSPS) is 23.5. The maximum absolute atomic E-state index is 9.25. The van der Waals surface area contributed by atoms with E-state index >= 15 is 0 Å². The van der Waals surface area contributed by atoms with E-state index < -0.39 is 5.60 Å². The van der Waals surface area contributed by atoms with Crippen molar-refractivity contribution in [2.45, 2.75) is 12.0 Å². The number of benzene rings is 1. The van der Waals surface area contributed by atoms with Crippen molar-refractivity contribution in [2.75, 3.05) is 7.11 Å². The second-order valence-corrected chi connectivity index (χ2v) is 4.00. The topological polar surface area (TPSA) is 59.0 Å². The van der Waals surface area contributed by atoms with E-state index in [1.807, 2.05) is 36.4 Å². The van der Waals surface area contributed by atoms with E-state index in [0.29, 0.717) is 12.1 Å². The van der Waals surface area contributed by atoms with Crippen LogP contribution in [0.15, 0.2) is 48.2 Å². The molecule has 0 spiro atoms. The highest BCUT2D eigenvalue weighted by Gasteiger charge is 2.36. The molecule has 17 heavy (non-hydrogen) atoms. The van der Waals surface area contributed by atoms with Gasteiger partial charge >= 0.3 is 0 Å². The van der Waals surface area contributed by atoms with Crippen molar-refractivity contribution >= 4 is 5.57 Å². The van der Waals surface area contributed by atoms with Crippen molar-refractivity contribution in [3.05, 3.63) is 53.7 Å². The molecule has 0 saturated carbocycles. The molecule has 1 aromatic rings. The van der Waals surface area contributed by atoms with Gasteiger partial charge in [0, 0.05) is 13.5 Å². The molecule has 0 aliphatic heterocycles. The lowest BCUT2D eigenvalue weighted by Crippen LogP contribution is -2.37. The summed E-state index contributed by atoms with van der Waals surface area (Å²) in [5.74, 6) is 0. The minimum Gasteiger partial charge on any atom is -0.399 e. The first-order chi connectivity index (χ1) is 8.22. The summed E-state index contributed by atoms with van der Waals surface area (Å²) < 4.78 is 5.30. The molecule has 1 atom stereocenters. The van der Waals surface area contributed by atoms with Crippen LogP contribution >= 0.6 is 0 Å². The summed E-state index contributed by atoms with van der Waals surface area (Å²) in [6.45, 7) is 0. The van der Waals surface area contributed by atoms with Crippen LogP contribution in [0, 0.1) is 11.3 Å². The predicted molar refractivity (Wildman–Crippen MR) is 66.7 cm³/mol. The highest BCUT2D eigenvalue weighted by Crippen LogP contribution is 2.34. The van der Waals surface area contributed by atoms with Crippen molar-refractivity contribution in [3.63, 3.8) is 0 Å². The van der Waals surface area contributed by atoms with E-state index in [9.17, 15) is 5.26 Å². The molecule has 0 fully saturated rings. The Balaban J connectivity index is 2.39. The highest BCUT2D eigenvalue weighted by atomic mass is 16.5. The first-order valence-corrected chi connectivity index (χ1v) is 5.40. The molecule has 1 aromatic carbocycles. The standard InChI is InChI=1S/C14H14N2O/c1-17-14(10-15)9-12(7-8-13(14)16)11-5-3-2-4-6-11/h2-8H,9,16H2,1H3. The zero-order valence-electron chi connectivity index (χ0n) is 9.68. The SMILES string of the molecule is COC1(C#N)CC(c2ccccc2)=CC=C1N. The van der Waals surface area contributed by atoms with Crippen molar-refractivity contribution in [3.8, 4) is 6.07 Å².